The highest BCUT2D eigenvalue weighted by molar-refractivity contribution is 5.35. The standard InChI is InChI=1S/C11H17N7O/c1-4-19-11-15-9(12)14-10(16-11)18(3)7-8-13-5-6-17(8)2/h5-6H,4,7H2,1-3H3,(H2,12,14,15,16). The van der Waals surface area contributed by atoms with Crippen molar-refractivity contribution in [1.82, 2.24) is 24.5 Å². The summed E-state index contributed by atoms with van der Waals surface area (Å²) in [6, 6.07) is 0.233. The fourth-order valence-electron chi connectivity index (χ4n) is 1.56. The summed E-state index contributed by atoms with van der Waals surface area (Å²) in [6.45, 7) is 2.90. The second-order valence-corrected chi connectivity index (χ2v) is 4.02. The molecule has 8 heteroatoms. The molecule has 0 aliphatic rings. The molecular formula is C11H17N7O. The van der Waals surface area contributed by atoms with Crippen LogP contribution >= 0.6 is 0 Å². The van der Waals surface area contributed by atoms with E-state index in [2.05, 4.69) is 19.9 Å². The van der Waals surface area contributed by atoms with Gasteiger partial charge in [0.25, 0.3) is 0 Å². The van der Waals surface area contributed by atoms with Gasteiger partial charge in [-0.3, -0.25) is 0 Å². The van der Waals surface area contributed by atoms with Crippen molar-refractivity contribution in [1.29, 1.82) is 0 Å². The Morgan fingerprint density at radius 2 is 2.16 bits per heavy atom. The van der Waals surface area contributed by atoms with E-state index < -0.39 is 0 Å². The van der Waals surface area contributed by atoms with Crippen LogP contribution < -0.4 is 15.4 Å². The van der Waals surface area contributed by atoms with Gasteiger partial charge in [0.2, 0.25) is 11.9 Å². The molecule has 0 bridgehead atoms. The molecular weight excluding hydrogens is 246 g/mol. The molecule has 2 heterocycles. The predicted molar refractivity (Wildman–Crippen MR) is 70.7 cm³/mol. The van der Waals surface area contributed by atoms with Crippen molar-refractivity contribution in [3.05, 3.63) is 18.2 Å². The molecule has 0 amide bonds. The zero-order valence-electron chi connectivity index (χ0n) is 11.2. The summed E-state index contributed by atoms with van der Waals surface area (Å²) in [4.78, 5) is 18.3. The van der Waals surface area contributed by atoms with Crippen LogP contribution in [0.5, 0.6) is 6.01 Å². The first kappa shape index (κ1) is 13.1. The predicted octanol–water partition coefficient (Wildman–Crippen LogP) is 0.222. The monoisotopic (exact) mass is 263 g/mol. The van der Waals surface area contributed by atoms with Crippen molar-refractivity contribution >= 4 is 11.9 Å². The van der Waals surface area contributed by atoms with Gasteiger partial charge in [-0.2, -0.15) is 15.0 Å². The third kappa shape index (κ3) is 3.09. The number of rotatable bonds is 5. The summed E-state index contributed by atoms with van der Waals surface area (Å²) in [6.07, 6.45) is 3.63. The third-order valence-electron chi connectivity index (χ3n) is 2.53. The zero-order valence-corrected chi connectivity index (χ0v) is 11.2. The third-order valence-corrected chi connectivity index (χ3v) is 2.53. The largest absolute Gasteiger partial charge is 0.464 e. The molecule has 19 heavy (non-hydrogen) atoms. The maximum absolute atomic E-state index is 5.64. The maximum Gasteiger partial charge on any atom is 0.323 e. The second-order valence-electron chi connectivity index (χ2n) is 4.02. The Morgan fingerprint density at radius 3 is 2.79 bits per heavy atom. The summed E-state index contributed by atoms with van der Waals surface area (Å²) in [5.74, 6) is 1.50. The van der Waals surface area contributed by atoms with Gasteiger partial charge in [-0.25, -0.2) is 4.98 Å². The van der Waals surface area contributed by atoms with E-state index in [9.17, 15) is 0 Å². The molecule has 2 aromatic rings. The van der Waals surface area contributed by atoms with Gasteiger partial charge in [0.1, 0.15) is 5.82 Å². The normalized spacial score (nSPS) is 10.5. The van der Waals surface area contributed by atoms with E-state index in [-0.39, 0.29) is 12.0 Å². The number of imidazole rings is 1. The van der Waals surface area contributed by atoms with Crippen LogP contribution in [-0.4, -0.2) is 38.2 Å². The highest BCUT2D eigenvalue weighted by Crippen LogP contribution is 2.14. The Bertz CT molecular complexity index is 554. The summed E-state index contributed by atoms with van der Waals surface area (Å²) in [5.41, 5.74) is 5.64. The summed E-state index contributed by atoms with van der Waals surface area (Å²) < 4.78 is 7.18. The van der Waals surface area contributed by atoms with E-state index in [1.807, 2.05) is 36.7 Å². The second kappa shape index (κ2) is 5.51. The molecule has 0 saturated carbocycles. The van der Waals surface area contributed by atoms with Crippen LogP contribution in [0.15, 0.2) is 12.4 Å². The number of hydrogen-bond acceptors (Lipinski definition) is 7. The highest BCUT2D eigenvalue weighted by atomic mass is 16.5. The van der Waals surface area contributed by atoms with Gasteiger partial charge < -0.3 is 19.9 Å². The first-order valence-electron chi connectivity index (χ1n) is 5.91. The van der Waals surface area contributed by atoms with Crippen LogP contribution in [0.2, 0.25) is 0 Å². The quantitative estimate of drug-likeness (QED) is 0.824. The summed E-state index contributed by atoms with van der Waals surface area (Å²) in [5, 5.41) is 0. The number of hydrogen-bond donors (Lipinski definition) is 1. The van der Waals surface area contributed by atoms with Gasteiger partial charge in [0, 0.05) is 26.5 Å². The lowest BCUT2D eigenvalue weighted by molar-refractivity contribution is 0.312. The Balaban J connectivity index is 2.18. The summed E-state index contributed by atoms with van der Waals surface area (Å²) >= 11 is 0. The van der Waals surface area contributed by atoms with Gasteiger partial charge in [-0.05, 0) is 6.92 Å². The van der Waals surface area contributed by atoms with Crippen molar-refractivity contribution in [2.24, 2.45) is 7.05 Å². The first-order valence-corrected chi connectivity index (χ1v) is 5.91. The van der Waals surface area contributed by atoms with Gasteiger partial charge in [-0.1, -0.05) is 0 Å². The Hall–Kier alpha value is -2.38. The van der Waals surface area contributed by atoms with E-state index in [0.29, 0.717) is 19.1 Å². The van der Waals surface area contributed by atoms with Gasteiger partial charge in [0.05, 0.1) is 13.2 Å². The fourth-order valence-corrected chi connectivity index (χ4v) is 1.56. The van der Waals surface area contributed by atoms with Crippen LogP contribution in [0, 0.1) is 0 Å². The molecule has 102 valence electrons. The molecule has 0 radical (unpaired) electrons. The number of anilines is 2. The molecule has 0 spiro atoms. The van der Waals surface area contributed by atoms with Gasteiger partial charge >= 0.3 is 6.01 Å². The smallest absolute Gasteiger partial charge is 0.323 e. The first-order chi connectivity index (χ1) is 9.10. The molecule has 0 fully saturated rings. The molecule has 0 saturated heterocycles. The molecule has 0 atom stereocenters. The zero-order chi connectivity index (χ0) is 13.8. The Kier molecular flexibility index (Phi) is 3.79. The minimum absolute atomic E-state index is 0.139. The molecule has 8 nitrogen and oxygen atoms in total. The number of nitrogens with two attached hydrogens (primary N) is 1. The fraction of sp³-hybridized carbons (Fsp3) is 0.455. The van der Waals surface area contributed by atoms with Crippen LogP contribution in [-0.2, 0) is 13.6 Å². The molecule has 0 aliphatic carbocycles. The van der Waals surface area contributed by atoms with E-state index in [0.717, 1.165) is 5.82 Å². The van der Waals surface area contributed by atoms with Crippen LogP contribution in [0.3, 0.4) is 0 Å². The number of nitrogen functional groups attached to an aromatic ring is 1. The van der Waals surface area contributed by atoms with E-state index in [1.165, 1.54) is 0 Å². The lowest BCUT2D eigenvalue weighted by atomic mass is 10.5. The molecule has 2 rings (SSSR count). The van der Waals surface area contributed by atoms with Gasteiger partial charge in [-0.15, -0.1) is 0 Å². The lowest BCUT2D eigenvalue weighted by Crippen LogP contribution is -2.22. The summed E-state index contributed by atoms with van der Waals surface area (Å²) in [7, 11) is 3.79. The maximum atomic E-state index is 5.64. The van der Waals surface area contributed by atoms with E-state index >= 15 is 0 Å². The topological polar surface area (TPSA) is 95.0 Å². The molecule has 0 aromatic carbocycles. The van der Waals surface area contributed by atoms with Crippen molar-refractivity contribution < 1.29 is 4.74 Å². The molecule has 2 aromatic heterocycles. The number of aryl methyl sites for hydroxylation is 1. The SMILES string of the molecule is CCOc1nc(N)nc(N(C)Cc2nccn2C)n1. The average Bonchev–Trinajstić information content (AvgIpc) is 2.75. The minimum Gasteiger partial charge on any atom is -0.464 e. The van der Waals surface area contributed by atoms with Crippen LogP contribution in [0.4, 0.5) is 11.9 Å². The van der Waals surface area contributed by atoms with E-state index in [1.54, 1.807) is 6.20 Å². The van der Waals surface area contributed by atoms with E-state index in [4.69, 9.17) is 10.5 Å². The lowest BCUT2D eigenvalue weighted by Gasteiger charge is -2.17. The van der Waals surface area contributed by atoms with Gasteiger partial charge in [0.15, 0.2) is 0 Å². The van der Waals surface area contributed by atoms with Crippen LogP contribution in [0.1, 0.15) is 12.7 Å². The van der Waals surface area contributed by atoms with Crippen molar-refractivity contribution in [3.8, 4) is 6.01 Å². The number of aromatic nitrogens is 5. The molecule has 0 aliphatic heterocycles. The van der Waals surface area contributed by atoms with Crippen LogP contribution in [0.25, 0.3) is 0 Å². The molecule has 2 N–H and O–H groups in total. The number of ether oxygens (including phenoxy) is 1. The van der Waals surface area contributed by atoms with Crippen molar-refractivity contribution in [3.63, 3.8) is 0 Å². The Labute approximate surface area is 111 Å². The number of nitrogens with zero attached hydrogens (tertiary/aromatic N) is 6. The average molecular weight is 263 g/mol. The van der Waals surface area contributed by atoms with Crippen molar-refractivity contribution in [2.45, 2.75) is 13.5 Å². The highest BCUT2D eigenvalue weighted by Gasteiger charge is 2.11. The molecule has 0 unspecified atom stereocenters. The Morgan fingerprint density at radius 1 is 1.37 bits per heavy atom. The van der Waals surface area contributed by atoms with Crippen molar-refractivity contribution in [2.75, 3.05) is 24.3 Å². The minimum atomic E-state index is 0.139.